The zero-order chi connectivity index (χ0) is 23.6. The van der Waals surface area contributed by atoms with Gasteiger partial charge < -0.3 is 9.64 Å². The van der Waals surface area contributed by atoms with E-state index in [0.29, 0.717) is 43.6 Å². The van der Waals surface area contributed by atoms with E-state index in [1.165, 1.54) is 0 Å². The van der Waals surface area contributed by atoms with Crippen LogP contribution < -0.4 is 4.90 Å². The van der Waals surface area contributed by atoms with Gasteiger partial charge in [0.05, 0.1) is 35.9 Å². The first-order valence-electron chi connectivity index (χ1n) is 11.3. The molecule has 0 bridgehead atoms. The van der Waals surface area contributed by atoms with Gasteiger partial charge >= 0.3 is 0 Å². The zero-order valence-electron chi connectivity index (χ0n) is 18.8. The number of nitrogens with zero attached hydrogens (tertiary/aromatic N) is 7. The lowest BCUT2D eigenvalue weighted by atomic mass is 10.1. The molecule has 0 saturated carbocycles. The smallest absolute Gasteiger partial charge is 0.232 e. The number of nitriles is 1. The summed E-state index contributed by atoms with van der Waals surface area (Å²) < 4.78 is 9.49. The highest BCUT2D eigenvalue weighted by molar-refractivity contribution is 7.15. The third kappa shape index (κ3) is 3.89. The zero-order valence-corrected chi connectivity index (χ0v) is 19.6. The Bertz CT molecular complexity index is 1540. The van der Waals surface area contributed by atoms with Crippen LogP contribution in [0.1, 0.15) is 11.5 Å². The number of benzene rings is 2. The molecule has 1 aliphatic rings. The van der Waals surface area contributed by atoms with Gasteiger partial charge in [0.2, 0.25) is 5.95 Å². The van der Waals surface area contributed by atoms with Gasteiger partial charge in [0.1, 0.15) is 6.07 Å². The third-order valence-electron chi connectivity index (χ3n) is 5.94. The molecule has 6 rings (SSSR count). The van der Waals surface area contributed by atoms with Crippen LogP contribution in [0.25, 0.3) is 33.6 Å². The lowest BCUT2D eigenvalue weighted by Gasteiger charge is -2.28. The van der Waals surface area contributed by atoms with Gasteiger partial charge in [0.15, 0.2) is 10.8 Å². The minimum atomic E-state index is 0.408. The maximum atomic E-state index is 10.3. The predicted octanol–water partition coefficient (Wildman–Crippen LogP) is 4.54. The molecule has 0 N–H and O–H groups in total. The number of hydrogen-bond acceptors (Lipinski definition) is 7. The first-order valence-corrected chi connectivity index (χ1v) is 12.2. The van der Waals surface area contributed by atoms with E-state index in [2.05, 4.69) is 21.2 Å². The molecule has 3 aromatic heterocycles. The molecule has 2 aromatic carbocycles. The molecule has 172 valence electrons. The van der Waals surface area contributed by atoms with E-state index < -0.39 is 0 Å². The standard InChI is InChI=1S/C26H21N7OS/c27-18-20(17-22-23(19-7-3-1-4-8-19)28-26-32(22)13-16-35-26)24-29-30-25(31-11-14-34-15-12-31)33(24)21-9-5-2-6-10-21/h1-10,13,16-17H,11-12,14-15H2/b20-17-. The number of anilines is 1. The van der Waals surface area contributed by atoms with Crippen LogP contribution in [0.4, 0.5) is 5.95 Å². The van der Waals surface area contributed by atoms with Gasteiger partial charge in [-0.25, -0.2) is 4.98 Å². The van der Waals surface area contributed by atoms with E-state index in [9.17, 15) is 5.26 Å². The van der Waals surface area contributed by atoms with Crippen molar-refractivity contribution in [3.05, 3.63) is 83.8 Å². The molecule has 8 nitrogen and oxygen atoms in total. The number of ether oxygens (including phenoxy) is 1. The number of allylic oxidation sites excluding steroid dienone is 1. The number of rotatable bonds is 5. The maximum Gasteiger partial charge on any atom is 0.232 e. The lowest BCUT2D eigenvalue weighted by molar-refractivity contribution is 0.122. The molecule has 5 aromatic rings. The van der Waals surface area contributed by atoms with Crippen molar-refractivity contribution in [1.82, 2.24) is 24.1 Å². The van der Waals surface area contributed by atoms with Crippen molar-refractivity contribution in [2.75, 3.05) is 31.2 Å². The molecule has 0 aliphatic carbocycles. The monoisotopic (exact) mass is 479 g/mol. The highest BCUT2D eigenvalue weighted by atomic mass is 32.1. The molecule has 0 amide bonds. The van der Waals surface area contributed by atoms with Crippen molar-refractivity contribution >= 4 is 33.9 Å². The van der Waals surface area contributed by atoms with Crippen LogP contribution in [0.2, 0.25) is 0 Å². The number of morpholine rings is 1. The van der Waals surface area contributed by atoms with Gasteiger partial charge in [-0.2, -0.15) is 5.26 Å². The molecular formula is C26H21N7OS. The van der Waals surface area contributed by atoms with Crippen LogP contribution in [0.15, 0.2) is 72.2 Å². The Morgan fingerprint density at radius 2 is 1.74 bits per heavy atom. The summed E-state index contributed by atoms with van der Waals surface area (Å²) in [7, 11) is 0. The highest BCUT2D eigenvalue weighted by Crippen LogP contribution is 2.31. The topological polar surface area (TPSA) is 84.3 Å². The largest absolute Gasteiger partial charge is 0.378 e. The number of thiazole rings is 1. The average molecular weight is 480 g/mol. The minimum Gasteiger partial charge on any atom is -0.378 e. The highest BCUT2D eigenvalue weighted by Gasteiger charge is 2.24. The summed E-state index contributed by atoms with van der Waals surface area (Å²) in [6.07, 6.45) is 3.84. The molecule has 4 heterocycles. The molecule has 35 heavy (non-hydrogen) atoms. The molecule has 9 heteroatoms. The van der Waals surface area contributed by atoms with Gasteiger partial charge in [-0.1, -0.05) is 48.5 Å². The van der Waals surface area contributed by atoms with E-state index in [4.69, 9.17) is 9.72 Å². The number of fused-ring (bicyclic) bond motifs is 1. The molecule has 0 radical (unpaired) electrons. The number of hydrogen-bond donors (Lipinski definition) is 0. The fraction of sp³-hybridized carbons (Fsp3) is 0.154. The van der Waals surface area contributed by atoms with Crippen LogP contribution in [0.5, 0.6) is 0 Å². The lowest BCUT2D eigenvalue weighted by Crippen LogP contribution is -2.38. The van der Waals surface area contributed by atoms with Crippen molar-refractivity contribution in [1.29, 1.82) is 5.26 Å². The summed E-state index contributed by atoms with van der Waals surface area (Å²) in [5, 5.41) is 21.3. The van der Waals surface area contributed by atoms with E-state index in [0.717, 1.165) is 27.6 Å². The third-order valence-corrected chi connectivity index (χ3v) is 6.70. The Balaban J connectivity index is 1.54. The molecule has 0 atom stereocenters. The molecule has 1 fully saturated rings. The number of para-hydroxylation sites is 1. The Morgan fingerprint density at radius 1 is 1.00 bits per heavy atom. The van der Waals surface area contributed by atoms with Crippen molar-refractivity contribution < 1.29 is 4.74 Å². The maximum absolute atomic E-state index is 10.3. The Kier molecular flexibility index (Phi) is 5.58. The van der Waals surface area contributed by atoms with Gasteiger partial charge in [-0.05, 0) is 18.2 Å². The average Bonchev–Trinajstić information content (AvgIpc) is 3.64. The summed E-state index contributed by atoms with van der Waals surface area (Å²) in [5.41, 5.74) is 3.95. The number of imidazole rings is 1. The van der Waals surface area contributed by atoms with Gasteiger partial charge in [-0.15, -0.1) is 21.5 Å². The number of aromatic nitrogens is 5. The Morgan fingerprint density at radius 3 is 2.49 bits per heavy atom. The fourth-order valence-corrected chi connectivity index (χ4v) is 4.99. The second-order valence-electron chi connectivity index (χ2n) is 8.03. The van der Waals surface area contributed by atoms with Crippen molar-refractivity contribution in [2.24, 2.45) is 0 Å². The molecule has 1 saturated heterocycles. The fourth-order valence-electron chi connectivity index (χ4n) is 4.27. The van der Waals surface area contributed by atoms with Crippen LogP contribution in [0, 0.1) is 11.3 Å². The summed E-state index contributed by atoms with van der Waals surface area (Å²) in [6.45, 7) is 2.69. The van der Waals surface area contributed by atoms with Gasteiger partial charge in [0, 0.05) is 30.2 Å². The molecular weight excluding hydrogens is 458 g/mol. The predicted molar refractivity (Wildman–Crippen MR) is 136 cm³/mol. The Hall–Kier alpha value is -4.26. The van der Waals surface area contributed by atoms with Crippen molar-refractivity contribution in [3.8, 4) is 23.0 Å². The second-order valence-corrected chi connectivity index (χ2v) is 8.90. The van der Waals surface area contributed by atoms with Crippen LogP contribution >= 0.6 is 11.3 Å². The van der Waals surface area contributed by atoms with E-state index >= 15 is 0 Å². The summed E-state index contributed by atoms with van der Waals surface area (Å²) >= 11 is 1.56. The van der Waals surface area contributed by atoms with E-state index in [-0.39, 0.29) is 0 Å². The molecule has 0 unspecified atom stereocenters. The SMILES string of the molecule is N#C/C(=C/c1c(-c2ccccc2)nc2sccn12)c1nnc(N2CCOCC2)n1-c1ccccc1. The molecule has 0 spiro atoms. The van der Waals surface area contributed by atoms with Crippen molar-refractivity contribution in [3.63, 3.8) is 0 Å². The van der Waals surface area contributed by atoms with Gasteiger partial charge in [0.25, 0.3) is 0 Å². The van der Waals surface area contributed by atoms with Crippen LogP contribution in [0.3, 0.4) is 0 Å². The summed E-state index contributed by atoms with van der Waals surface area (Å²) in [4.78, 5) is 7.86. The minimum absolute atomic E-state index is 0.408. The second kappa shape index (κ2) is 9.18. The normalized spacial score (nSPS) is 14.4. The van der Waals surface area contributed by atoms with Crippen molar-refractivity contribution in [2.45, 2.75) is 0 Å². The Labute approximate surface area is 206 Å². The summed E-state index contributed by atoms with van der Waals surface area (Å²) in [5.74, 6) is 1.19. The molecule has 1 aliphatic heterocycles. The quantitative estimate of drug-likeness (QED) is 0.344. The summed E-state index contributed by atoms with van der Waals surface area (Å²) in [6, 6.07) is 22.3. The van der Waals surface area contributed by atoms with Gasteiger partial charge in [-0.3, -0.25) is 8.97 Å². The van der Waals surface area contributed by atoms with Crippen LogP contribution in [-0.2, 0) is 4.74 Å². The first kappa shape index (κ1) is 21.3. The first-order chi connectivity index (χ1) is 17.3. The van der Waals surface area contributed by atoms with Crippen LogP contribution in [-0.4, -0.2) is 50.5 Å². The van der Waals surface area contributed by atoms with E-state index in [1.54, 1.807) is 11.3 Å². The van der Waals surface area contributed by atoms with E-state index in [1.807, 2.05) is 87.3 Å².